The molecule has 2 atom stereocenters. The molecule has 10 nitrogen and oxygen atoms in total. The number of amides is 1. The largest absolute Gasteiger partial charge is 0.387 e. The van der Waals surface area contributed by atoms with E-state index >= 15 is 0 Å². The van der Waals surface area contributed by atoms with E-state index in [4.69, 9.17) is 10.00 Å². The summed E-state index contributed by atoms with van der Waals surface area (Å²) in [6.07, 6.45) is 1.27. The van der Waals surface area contributed by atoms with Crippen LogP contribution in [-0.2, 0) is 4.74 Å². The SMILES string of the molecule is CC(C)(O)[C@H](F)CNC(=O)c1cnc(-c2ccc3cc(C#N)cnn23)cc1NC[C@@H]1COCCN1. The Kier molecular flexibility index (Phi) is 7.25. The maximum Gasteiger partial charge on any atom is 0.255 e. The summed E-state index contributed by atoms with van der Waals surface area (Å²) in [5.74, 6) is -0.511. The van der Waals surface area contributed by atoms with Crippen LogP contribution in [0.2, 0.25) is 0 Å². The second-order valence-corrected chi connectivity index (χ2v) is 8.96. The van der Waals surface area contributed by atoms with Crippen LogP contribution in [0.3, 0.4) is 0 Å². The van der Waals surface area contributed by atoms with Crippen molar-refractivity contribution in [3.63, 3.8) is 0 Å². The molecule has 11 heteroatoms. The van der Waals surface area contributed by atoms with Gasteiger partial charge in [0.25, 0.3) is 5.91 Å². The van der Waals surface area contributed by atoms with Gasteiger partial charge in [-0.1, -0.05) is 0 Å². The van der Waals surface area contributed by atoms with E-state index in [-0.39, 0.29) is 18.2 Å². The van der Waals surface area contributed by atoms with Crippen molar-refractivity contribution >= 4 is 17.1 Å². The number of nitrogens with one attached hydrogen (secondary N) is 3. The molecule has 0 radical (unpaired) electrons. The summed E-state index contributed by atoms with van der Waals surface area (Å²) in [4.78, 5) is 17.4. The lowest BCUT2D eigenvalue weighted by Crippen LogP contribution is -2.45. The number of nitriles is 1. The van der Waals surface area contributed by atoms with Gasteiger partial charge in [0, 0.05) is 25.3 Å². The molecule has 3 aromatic heterocycles. The molecule has 0 unspecified atom stereocenters. The average molecular weight is 482 g/mol. The molecule has 35 heavy (non-hydrogen) atoms. The van der Waals surface area contributed by atoms with Gasteiger partial charge in [-0.15, -0.1) is 0 Å². The van der Waals surface area contributed by atoms with Crippen molar-refractivity contribution in [2.75, 3.05) is 38.2 Å². The molecule has 1 aliphatic rings. The molecule has 1 aliphatic heterocycles. The van der Waals surface area contributed by atoms with Crippen LogP contribution in [0.5, 0.6) is 0 Å². The molecule has 4 N–H and O–H groups in total. The average Bonchev–Trinajstić information content (AvgIpc) is 3.29. The van der Waals surface area contributed by atoms with Crippen LogP contribution in [0.1, 0.15) is 29.8 Å². The Balaban J connectivity index is 1.62. The summed E-state index contributed by atoms with van der Waals surface area (Å²) in [6, 6.07) is 9.26. The first-order chi connectivity index (χ1) is 16.8. The van der Waals surface area contributed by atoms with Crippen molar-refractivity contribution < 1.29 is 19.0 Å². The van der Waals surface area contributed by atoms with E-state index in [2.05, 4.69) is 32.1 Å². The van der Waals surface area contributed by atoms with Gasteiger partial charge in [-0.3, -0.25) is 9.78 Å². The fraction of sp³-hybridized carbons (Fsp3) is 0.417. The third kappa shape index (κ3) is 5.74. The van der Waals surface area contributed by atoms with Crippen molar-refractivity contribution in [3.05, 3.63) is 47.8 Å². The Morgan fingerprint density at radius 1 is 1.43 bits per heavy atom. The number of carbonyl (C=O) groups excluding carboxylic acids is 1. The number of nitrogens with zero attached hydrogens (tertiary/aromatic N) is 4. The molecule has 184 valence electrons. The molecular formula is C24H28FN7O3. The zero-order valence-corrected chi connectivity index (χ0v) is 19.6. The number of fused-ring (bicyclic) bond motifs is 1. The molecular weight excluding hydrogens is 453 g/mol. The van der Waals surface area contributed by atoms with Crippen LogP contribution in [0.15, 0.2) is 36.7 Å². The smallest absolute Gasteiger partial charge is 0.255 e. The van der Waals surface area contributed by atoms with Gasteiger partial charge in [-0.2, -0.15) is 10.4 Å². The van der Waals surface area contributed by atoms with Crippen molar-refractivity contribution in [2.45, 2.75) is 31.7 Å². The number of halogens is 1. The van der Waals surface area contributed by atoms with E-state index in [9.17, 15) is 14.3 Å². The number of anilines is 1. The Hall–Kier alpha value is -3.59. The molecule has 4 rings (SSSR count). The van der Waals surface area contributed by atoms with E-state index in [1.165, 1.54) is 26.2 Å². The van der Waals surface area contributed by atoms with Gasteiger partial charge in [-0.25, -0.2) is 8.91 Å². The summed E-state index contributed by atoms with van der Waals surface area (Å²) >= 11 is 0. The van der Waals surface area contributed by atoms with Crippen LogP contribution in [0.4, 0.5) is 10.1 Å². The van der Waals surface area contributed by atoms with Gasteiger partial charge in [0.05, 0.1) is 65.3 Å². The molecule has 0 bridgehead atoms. The molecule has 1 saturated heterocycles. The van der Waals surface area contributed by atoms with Crippen LogP contribution in [0.25, 0.3) is 16.9 Å². The second kappa shape index (κ2) is 10.4. The minimum Gasteiger partial charge on any atom is -0.387 e. The first-order valence-corrected chi connectivity index (χ1v) is 11.3. The predicted octanol–water partition coefficient (Wildman–Crippen LogP) is 1.51. The third-order valence-corrected chi connectivity index (χ3v) is 5.79. The van der Waals surface area contributed by atoms with Gasteiger partial charge >= 0.3 is 0 Å². The lowest BCUT2D eigenvalue weighted by molar-refractivity contribution is -0.00177. The number of aromatic nitrogens is 3. The third-order valence-electron chi connectivity index (χ3n) is 5.79. The molecule has 4 heterocycles. The first kappa shape index (κ1) is 24.5. The summed E-state index contributed by atoms with van der Waals surface area (Å²) < 4.78 is 21.3. The molecule has 3 aromatic rings. The molecule has 0 aliphatic carbocycles. The maximum absolute atomic E-state index is 14.2. The quantitative estimate of drug-likeness (QED) is 0.380. The highest BCUT2D eigenvalue weighted by Gasteiger charge is 2.27. The number of carbonyl (C=O) groups is 1. The van der Waals surface area contributed by atoms with Gasteiger partial charge < -0.3 is 25.8 Å². The molecule has 0 spiro atoms. The second-order valence-electron chi connectivity index (χ2n) is 8.96. The van der Waals surface area contributed by atoms with Gasteiger partial charge in [0.15, 0.2) is 0 Å². The number of ether oxygens (including phenoxy) is 1. The lowest BCUT2D eigenvalue weighted by Gasteiger charge is -2.25. The van der Waals surface area contributed by atoms with E-state index in [1.54, 1.807) is 16.6 Å². The van der Waals surface area contributed by atoms with Crippen molar-refractivity contribution in [2.24, 2.45) is 0 Å². The standard InChI is InChI=1S/C24H28FN7O3/c1-24(2,34)22(25)13-30-23(33)18-12-29-20(8-19(18)28-11-16-14-35-6-5-27-16)21-4-3-17-7-15(9-26)10-31-32(17)21/h3-4,7-8,10,12,16,22,27,34H,5-6,11,13-14H2,1-2H3,(H,28,29)(H,30,33)/t16-,22-/m1/s1. The fourth-order valence-corrected chi connectivity index (χ4v) is 3.69. The van der Waals surface area contributed by atoms with Gasteiger partial charge in [0.1, 0.15) is 12.2 Å². The number of aliphatic hydroxyl groups is 1. The van der Waals surface area contributed by atoms with E-state index < -0.39 is 17.7 Å². The highest BCUT2D eigenvalue weighted by atomic mass is 19.1. The highest BCUT2D eigenvalue weighted by molar-refractivity contribution is 6.00. The Morgan fingerprint density at radius 2 is 2.26 bits per heavy atom. The normalized spacial score (nSPS) is 17.1. The van der Waals surface area contributed by atoms with Crippen molar-refractivity contribution in [1.29, 1.82) is 5.26 Å². The summed E-state index contributed by atoms with van der Waals surface area (Å²) in [5, 5.41) is 32.4. The lowest BCUT2D eigenvalue weighted by atomic mass is 10.0. The van der Waals surface area contributed by atoms with Crippen LogP contribution in [0, 0.1) is 11.3 Å². The number of pyridine rings is 1. The van der Waals surface area contributed by atoms with E-state index in [0.717, 1.165) is 12.1 Å². The first-order valence-electron chi connectivity index (χ1n) is 11.3. The zero-order chi connectivity index (χ0) is 25.0. The molecule has 1 fully saturated rings. The van der Waals surface area contributed by atoms with Crippen LogP contribution < -0.4 is 16.0 Å². The predicted molar refractivity (Wildman–Crippen MR) is 128 cm³/mol. The van der Waals surface area contributed by atoms with Gasteiger partial charge in [0.2, 0.25) is 0 Å². The number of morpholine rings is 1. The van der Waals surface area contributed by atoms with Gasteiger partial charge in [-0.05, 0) is 38.1 Å². The summed E-state index contributed by atoms with van der Waals surface area (Å²) in [6.45, 7) is 4.78. The monoisotopic (exact) mass is 481 g/mol. The van der Waals surface area contributed by atoms with Crippen LogP contribution in [-0.4, -0.2) is 76.3 Å². The van der Waals surface area contributed by atoms with Crippen molar-refractivity contribution in [1.82, 2.24) is 25.2 Å². The number of hydrogen-bond donors (Lipinski definition) is 4. The Morgan fingerprint density at radius 3 is 2.97 bits per heavy atom. The zero-order valence-electron chi connectivity index (χ0n) is 19.6. The molecule has 0 aromatic carbocycles. The van der Waals surface area contributed by atoms with Crippen molar-refractivity contribution in [3.8, 4) is 17.5 Å². The Labute approximate surface area is 202 Å². The van der Waals surface area contributed by atoms with Crippen LogP contribution >= 0.6 is 0 Å². The molecule has 0 saturated carbocycles. The highest BCUT2D eigenvalue weighted by Crippen LogP contribution is 2.25. The number of hydrogen-bond acceptors (Lipinski definition) is 8. The number of rotatable bonds is 8. The van der Waals surface area contributed by atoms with E-state index in [0.29, 0.717) is 42.4 Å². The van der Waals surface area contributed by atoms with E-state index in [1.807, 2.05) is 12.1 Å². The molecule has 1 amide bonds. The topological polar surface area (TPSA) is 137 Å². The number of alkyl halides is 1. The Bertz CT molecular complexity index is 1240. The fourth-order valence-electron chi connectivity index (χ4n) is 3.69. The maximum atomic E-state index is 14.2. The summed E-state index contributed by atoms with van der Waals surface area (Å²) in [7, 11) is 0. The minimum absolute atomic E-state index is 0.0573. The minimum atomic E-state index is -1.63. The summed E-state index contributed by atoms with van der Waals surface area (Å²) in [5.41, 5.74) is 1.62.